The van der Waals surface area contributed by atoms with E-state index in [1.54, 1.807) is 30.5 Å². The number of rotatable bonds is 2. The van der Waals surface area contributed by atoms with Crippen LogP contribution in [0.25, 0.3) is 21.8 Å². The van der Waals surface area contributed by atoms with Crippen molar-refractivity contribution in [3.05, 3.63) is 70.1 Å². The van der Waals surface area contributed by atoms with Crippen molar-refractivity contribution in [1.29, 1.82) is 0 Å². The first-order valence-electron chi connectivity index (χ1n) is 7.77. The van der Waals surface area contributed by atoms with Crippen LogP contribution >= 0.6 is 0 Å². The Hall–Kier alpha value is -3.08. The minimum absolute atomic E-state index is 0.114. The van der Waals surface area contributed by atoms with Gasteiger partial charge in [0, 0.05) is 23.3 Å². The van der Waals surface area contributed by atoms with Crippen LogP contribution in [0.3, 0.4) is 0 Å². The van der Waals surface area contributed by atoms with E-state index in [-0.39, 0.29) is 11.3 Å². The van der Waals surface area contributed by atoms with Gasteiger partial charge >= 0.3 is 0 Å². The summed E-state index contributed by atoms with van der Waals surface area (Å²) >= 11 is 0. The van der Waals surface area contributed by atoms with E-state index in [4.69, 9.17) is 0 Å². The highest BCUT2D eigenvalue weighted by molar-refractivity contribution is 6.07. The second-order valence-corrected chi connectivity index (χ2v) is 6.12. The Morgan fingerprint density at radius 3 is 2.58 bits per heavy atom. The minimum Gasteiger partial charge on any atom is -0.508 e. The Labute approximate surface area is 138 Å². The van der Waals surface area contributed by atoms with Crippen LogP contribution in [0.2, 0.25) is 0 Å². The summed E-state index contributed by atoms with van der Waals surface area (Å²) in [6.07, 6.45) is 1.76. The summed E-state index contributed by atoms with van der Waals surface area (Å²) in [5.74, 6) is 0.207. The number of fused-ring (bicyclic) bond motifs is 3. The first-order chi connectivity index (χ1) is 11.5. The Bertz CT molecular complexity index is 1120. The van der Waals surface area contributed by atoms with Gasteiger partial charge in [-0.25, -0.2) is 4.68 Å². The zero-order valence-electron chi connectivity index (χ0n) is 13.5. The average molecular weight is 319 g/mol. The normalized spacial score (nSPS) is 11.4. The van der Waals surface area contributed by atoms with Gasteiger partial charge in [0.1, 0.15) is 11.3 Å². The molecule has 2 heterocycles. The van der Waals surface area contributed by atoms with Crippen LogP contribution in [0.1, 0.15) is 11.1 Å². The molecule has 0 radical (unpaired) electrons. The maximum Gasteiger partial charge on any atom is 0.291 e. The lowest BCUT2D eigenvalue weighted by Crippen LogP contribution is -2.24. The van der Waals surface area contributed by atoms with Gasteiger partial charge in [-0.05, 0) is 36.2 Å². The number of aromatic nitrogens is 3. The molecule has 0 unspecified atom stereocenters. The molecule has 0 saturated heterocycles. The molecule has 0 aliphatic heterocycles. The molecule has 0 bridgehead atoms. The number of hydrogen-bond donors (Lipinski definition) is 1. The first kappa shape index (κ1) is 14.5. The van der Waals surface area contributed by atoms with E-state index >= 15 is 0 Å². The van der Waals surface area contributed by atoms with Gasteiger partial charge in [0.05, 0.1) is 12.7 Å². The fourth-order valence-corrected chi connectivity index (χ4v) is 3.15. The molecule has 0 saturated carbocycles. The topological polar surface area (TPSA) is 60.0 Å². The summed E-state index contributed by atoms with van der Waals surface area (Å²) in [5.41, 5.74) is 3.65. The van der Waals surface area contributed by atoms with Crippen LogP contribution in [0.5, 0.6) is 5.75 Å². The van der Waals surface area contributed by atoms with Crippen LogP contribution in [0.15, 0.2) is 53.5 Å². The van der Waals surface area contributed by atoms with Crippen molar-refractivity contribution in [3.63, 3.8) is 0 Å². The van der Waals surface area contributed by atoms with Crippen molar-refractivity contribution < 1.29 is 5.11 Å². The number of phenols is 1. The first-order valence-corrected chi connectivity index (χ1v) is 7.77. The lowest BCUT2D eigenvalue weighted by Gasteiger charge is -2.06. The summed E-state index contributed by atoms with van der Waals surface area (Å²) in [5, 5.41) is 15.6. The Morgan fingerprint density at radius 1 is 1.08 bits per heavy atom. The van der Waals surface area contributed by atoms with Crippen molar-refractivity contribution >= 4 is 21.8 Å². The van der Waals surface area contributed by atoms with Crippen molar-refractivity contribution in [3.8, 4) is 5.75 Å². The standard InChI is InChI=1S/C19H17N3O2/c1-12-3-8-15-16-10-20-22(11-13-4-6-14(23)7-5-13)19(24)18(16)21(2)17(15)9-12/h3-10,23H,11H2,1-2H3. The fourth-order valence-electron chi connectivity index (χ4n) is 3.15. The molecule has 2 aromatic carbocycles. The molecule has 0 aliphatic carbocycles. The molecule has 0 aliphatic rings. The van der Waals surface area contributed by atoms with Gasteiger partial charge in [0.15, 0.2) is 0 Å². The molecule has 120 valence electrons. The largest absolute Gasteiger partial charge is 0.508 e. The van der Waals surface area contributed by atoms with E-state index in [0.717, 1.165) is 27.4 Å². The van der Waals surface area contributed by atoms with E-state index in [9.17, 15) is 9.90 Å². The maximum atomic E-state index is 12.9. The van der Waals surface area contributed by atoms with Crippen LogP contribution in [0, 0.1) is 6.92 Å². The summed E-state index contributed by atoms with van der Waals surface area (Å²) < 4.78 is 3.40. The third kappa shape index (κ3) is 2.17. The van der Waals surface area contributed by atoms with Gasteiger partial charge in [0.2, 0.25) is 0 Å². The van der Waals surface area contributed by atoms with E-state index in [1.165, 1.54) is 4.68 Å². The van der Waals surface area contributed by atoms with E-state index in [2.05, 4.69) is 11.2 Å². The highest BCUT2D eigenvalue weighted by atomic mass is 16.3. The van der Waals surface area contributed by atoms with Gasteiger partial charge in [-0.2, -0.15) is 5.10 Å². The van der Waals surface area contributed by atoms with Gasteiger partial charge in [-0.3, -0.25) is 4.79 Å². The minimum atomic E-state index is -0.114. The second-order valence-electron chi connectivity index (χ2n) is 6.12. The maximum absolute atomic E-state index is 12.9. The molecule has 2 aromatic heterocycles. The number of aryl methyl sites for hydroxylation is 2. The molecule has 4 rings (SSSR count). The molecule has 5 heteroatoms. The number of hydrogen-bond acceptors (Lipinski definition) is 3. The van der Waals surface area contributed by atoms with Gasteiger partial charge in [-0.1, -0.05) is 24.3 Å². The summed E-state index contributed by atoms with van der Waals surface area (Å²) in [4.78, 5) is 12.9. The van der Waals surface area contributed by atoms with E-state index in [0.29, 0.717) is 12.1 Å². The van der Waals surface area contributed by atoms with Crippen LogP contribution in [-0.2, 0) is 13.6 Å². The summed E-state index contributed by atoms with van der Waals surface area (Å²) in [7, 11) is 1.91. The predicted octanol–water partition coefficient (Wildman–Crippen LogP) is 2.95. The highest BCUT2D eigenvalue weighted by Crippen LogP contribution is 2.26. The fraction of sp³-hybridized carbons (Fsp3) is 0.158. The van der Waals surface area contributed by atoms with Crippen LogP contribution in [0.4, 0.5) is 0 Å². The molecular formula is C19H17N3O2. The number of benzene rings is 2. The number of phenolic OH excluding ortho intramolecular Hbond substituents is 1. The van der Waals surface area contributed by atoms with Crippen LogP contribution < -0.4 is 5.56 Å². The smallest absolute Gasteiger partial charge is 0.291 e. The quantitative estimate of drug-likeness (QED) is 0.618. The Balaban J connectivity index is 1.91. The van der Waals surface area contributed by atoms with Gasteiger partial charge in [-0.15, -0.1) is 0 Å². The van der Waals surface area contributed by atoms with Gasteiger partial charge in [0.25, 0.3) is 5.56 Å². The van der Waals surface area contributed by atoms with E-state index < -0.39 is 0 Å². The van der Waals surface area contributed by atoms with Crippen molar-refractivity contribution in [2.24, 2.45) is 7.05 Å². The SMILES string of the molecule is Cc1ccc2c3cnn(Cc4ccc(O)cc4)c(=O)c3n(C)c2c1. The lowest BCUT2D eigenvalue weighted by molar-refractivity contribution is 0.475. The molecule has 4 aromatic rings. The van der Waals surface area contributed by atoms with Crippen molar-refractivity contribution in [1.82, 2.24) is 14.3 Å². The second kappa shape index (κ2) is 5.23. The Kier molecular flexibility index (Phi) is 3.16. The predicted molar refractivity (Wildman–Crippen MR) is 94.4 cm³/mol. The molecule has 0 spiro atoms. The van der Waals surface area contributed by atoms with E-state index in [1.807, 2.05) is 30.7 Å². The van der Waals surface area contributed by atoms with Gasteiger partial charge < -0.3 is 9.67 Å². The zero-order valence-corrected chi connectivity index (χ0v) is 13.5. The third-order valence-electron chi connectivity index (χ3n) is 4.43. The summed E-state index contributed by atoms with van der Waals surface area (Å²) in [6.45, 7) is 2.41. The molecular weight excluding hydrogens is 302 g/mol. The van der Waals surface area contributed by atoms with Crippen molar-refractivity contribution in [2.75, 3.05) is 0 Å². The average Bonchev–Trinajstić information content (AvgIpc) is 2.85. The molecule has 24 heavy (non-hydrogen) atoms. The molecule has 5 nitrogen and oxygen atoms in total. The highest BCUT2D eigenvalue weighted by Gasteiger charge is 2.14. The molecule has 1 N–H and O–H groups in total. The monoisotopic (exact) mass is 319 g/mol. The number of aromatic hydroxyl groups is 1. The zero-order chi connectivity index (χ0) is 16.8. The lowest BCUT2D eigenvalue weighted by atomic mass is 10.1. The summed E-state index contributed by atoms with van der Waals surface area (Å²) in [6, 6.07) is 13.0. The molecule has 0 atom stereocenters. The molecule has 0 amide bonds. The van der Waals surface area contributed by atoms with Crippen molar-refractivity contribution in [2.45, 2.75) is 13.5 Å². The van der Waals surface area contributed by atoms with Crippen LogP contribution in [-0.4, -0.2) is 19.5 Å². The number of nitrogens with zero attached hydrogens (tertiary/aromatic N) is 3. The Morgan fingerprint density at radius 2 is 1.83 bits per heavy atom. The molecule has 0 fully saturated rings. The third-order valence-corrected chi connectivity index (χ3v) is 4.43.